The van der Waals surface area contributed by atoms with E-state index in [1.807, 2.05) is 24.3 Å². The van der Waals surface area contributed by atoms with E-state index >= 15 is 0 Å². The number of hydrogen-bond acceptors (Lipinski definition) is 9. The molecule has 0 saturated carbocycles. The van der Waals surface area contributed by atoms with Crippen molar-refractivity contribution >= 4 is 10.4 Å². The second kappa shape index (κ2) is 11.5. The molecule has 0 unspecified atom stereocenters. The molecule has 0 radical (unpaired) electrons. The van der Waals surface area contributed by atoms with Gasteiger partial charge in [-0.15, -0.1) is 0 Å². The average molecular weight is 527 g/mol. The SMILES string of the molecule is COc1cc2c(cc1OC)[C@H](Cc1cc(OC)c(OC)c(OC)c1)[N@@+]([13CH3])(CCCOS(=O)(=O)[O-])CC2. The molecule has 0 saturated heterocycles. The van der Waals surface area contributed by atoms with Crippen LogP contribution in [-0.4, -0.2) is 79.7 Å². The van der Waals surface area contributed by atoms with Crippen molar-refractivity contribution in [1.29, 1.82) is 0 Å². The summed E-state index contributed by atoms with van der Waals surface area (Å²) in [5.74, 6) is 2.97. The molecule has 0 N–H and O–H groups in total. The Labute approximate surface area is 213 Å². The molecule has 0 bridgehead atoms. The second-order valence-electron chi connectivity index (χ2n) is 8.92. The molecule has 2 aromatic rings. The lowest BCUT2D eigenvalue weighted by Gasteiger charge is -2.46. The minimum atomic E-state index is -4.72. The Bertz CT molecular complexity index is 1140. The van der Waals surface area contributed by atoms with Gasteiger partial charge in [-0.3, -0.25) is 4.18 Å². The first-order valence-electron chi connectivity index (χ1n) is 11.6. The van der Waals surface area contributed by atoms with E-state index in [2.05, 4.69) is 11.2 Å². The first-order chi connectivity index (χ1) is 17.1. The highest BCUT2D eigenvalue weighted by atomic mass is 32.3. The van der Waals surface area contributed by atoms with Gasteiger partial charge in [-0.1, -0.05) is 0 Å². The average Bonchev–Trinajstić information content (AvgIpc) is 2.86. The van der Waals surface area contributed by atoms with E-state index in [0.29, 0.717) is 52.6 Å². The van der Waals surface area contributed by atoms with Gasteiger partial charge in [0, 0.05) is 24.8 Å². The second-order valence-corrected chi connectivity index (χ2v) is 9.97. The Morgan fingerprint density at radius 3 is 2.00 bits per heavy atom. The minimum Gasteiger partial charge on any atom is -0.726 e. The largest absolute Gasteiger partial charge is 0.726 e. The van der Waals surface area contributed by atoms with Gasteiger partial charge in [0.2, 0.25) is 16.1 Å². The molecule has 0 amide bonds. The summed E-state index contributed by atoms with van der Waals surface area (Å²) in [6.45, 7) is 1.26. The number of rotatable bonds is 12. The van der Waals surface area contributed by atoms with E-state index in [4.69, 9.17) is 23.7 Å². The van der Waals surface area contributed by atoms with E-state index in [1.54, 1.807) is 35.5 Å². The highest BCUT2D eigenvalue weighted by molar-refractivity contribution is 7.80. The highest BCUT2D eigenvalue weighted by Gasteiger charge is 2.40. The molecule has 2 aromatic carbocycles. The summed E-state index contributed by atoms with van der Waals surface area (Å²) >= 11 is 0. The van der Waals surface area contributed by atoms with Crippen molar-refractivity contribution in [2.45, 2.75) is 25.3 Å². The number of fused-ring (bicyclic) bond motifs is 1. The van der Waals surface area contributed by atoms with Gasteiger partial charge in [-0.05, 0) is 35.4 Å². The smallest absolute Gasteiger partial charge is 0.217 e. The van der Waals surface area contributed by atoms with E-state index in [-0.39, 0.29) is 12.6 Å². The summed E-state index contributed by atoms with van der Waals surface area (Å²) in [6, 6.07) is 7.90. The summed E-state index contributed by atoms with van der Waals surface area (Å²) in [5, 5.41) is 0. The molecule has 11 heteroatoms. The van der Waals surface area contributed by atoms with Gasteiger partial charge in [0.15, 0.2) is 23.0 Å². The van der Waals surface area contributed by atoms with Crippen molar-refractivity contribution in [2.24, 2.45) is 0 Å². The predicted molar refractivity (Wildman–Crippen MR) is 132 cm³/mol. The standard InChI is InChI=1S/C25H35NO9S/c1-26(9-7-11-35-36(27,28)29)10-8-18-15-21(30-2)22(31-3)16-19(18)20(26)12-17-13-23(32-4)25(34-6)24(14-17)33-5/h13-16,20H,7-12H2,1-6H3/t20-,26-/m0/s1/i1+1. The van der Waals surface area contributed by atoms with Crippen LogP contribution in [0.5, 0.6) is 28.7 Å². The monoisotopic (exact) mass is 526 g/mol. The molecule has 1 aliphatic heterocycles. The van der Waals surface area contributed by atoms with Crippen LogP contribution in [0.1, 0.15) is 29.2 Å². The summed E-state index contributed by atoms with van der Waals surface area (Å²) < 4.78 is 65.5. The molecule has 10 nitrogen and oxygen atoms in total. The predicted octanol–water partition coefficient (Wildman–Crippen LogP) is 2.88. The molecule has 0 aliphatic carbocycles. The highest BCUT2D eigenvalue weighted by Crippen LogP contribution is 2.44. The van der Waals surface area contributed by atoms with Crippen LogP contribution in [0.3, 0.4) is 0 Å². The Morgan fingerprint density at radius 1 is 0.889 bits per heavy atom. The van der Waals surface area contributed by atoms with Crippen LogP contribution >= 0.6 is 0 Å². The van der Waals surface area contributed by atoms with Crippen molar-refractivity contribution in [3.8, 4) is 28.7 Å². The molecule has 3 rings (SSSR count). The Kier molecular flexibility index (Phi) is 8.93. The lowest BCUT2D eigenvalue weighted by molar-refractivity contribution is -0.941. The van der Waals surface area contributed by atoms with Crippen molar-refractivity contribution in [3.63, 3.8) is 0 Å². The molecule has 200 valence electrons. The van der Waals surface area contributed by atoms with Gasteiger partial charge in [0.25, 0.3) is 0 Å². The van der Waals surface area contributed by atoms with Crippen LogP contribution in [0.2, 0.25) is 0 Å². The zero-order chi connectivity index (χ0) is 26.5. The molecule has 0 fully saturated rings. The van der Waals surface area contributed by atoms with Gasteiger partial charge in [0.05, 0.1) is 62.3 Å². The number of quaternary nitrogens is 1. The van der Waals surface area contributed by atoms with E-state index in [9.17, 15) is 13.0 Å². The summed E-state index contributed by atoms with van der Waals surface area (Å²) in [6.07, 6.45) is 1.85. The molecule has 1 heterocycles. The van der Waals surface area contributed by atoms with Gasteiger partial charge in [-0.25, -0.2) is 8.42 Å². The summed E-state index contributed by atoms with van der Waals surface area (Å²) in [5.41, 5.74) is 3.27. The third-order valence-corrected chi connectivity index (χ3v) is 7.30. The molecule has 36 heavy (non-hydrogen) atoms. The van der Waals surface area contributed by atoms with Crippen molar-refractivity contribution < 1.29 is 45.3 Å². The quantitative estimate of drug-likeness (QED) is 0.135. The van der Waals surface area contributed by atoms with Crippen LogP contribution in [0, 0.1) is 0 Å². The molecular weight excluding hydrogens is 491 g/mol. The third kappa shape index (κ3) is 6.15. The van der Waals surface area contributed by atoms with E-state index in [0.717, 1.165) is 24.1 Å². The number of methoxy groups -OCH3 is 5. The van der Waals surface area contributed by atoms with E-state index < -0.39 is 10.4 Å². The van der Waals surface area contributed by atoms with Crippen LogP contribution in [0.25, 0.3) is 0 Å². The summed E-state index contributed by atoms with van der Waals surface area (Å²) in [7, 11) is 5.36. The fourth-order valence-electron chi connectivity index (χ4n) is 4.99. The van der Waals surface area contributed by atoms with Crippen LogP contribution in [0.15, 0.2) is 24.3 Å². The van der Waals surface area contributed by atoms with Crippen LogP contribution < -0.4 is 23.7 Å². The lowest BCUT2D eigenvalue weighted by atomic mass is 9.86. The number of hydrogen-bond donors (Lipinski definition) is 0. The van der Waals surface area contributed by atoms with E-state index in [1.165, 1.54) is 5.56 Å². The first kappa shape index (κ1) is 27.9. The molecule has 0 spiro atoms. The van der Waals surface area contributed by atoms with Crippen molar-refractivity contribution in [2.75, 3.05) is 62.3 Å². The number of ether oxygens (including phenoxy) is 5. The van der Waals surface area contributed by atoms with Crippen molar-refractivity contribution in [3.05, 3.63) is 41.0 Å². The van der Waals surface area contributed by atoms with Gasteiger partial charge in [-0.2, -0.15) is 0 Å². The fourth-order valence-corrected chi connectivity index (χ4v) is 5.31. The van der Waals surface area contributed by atoms with Gasteiger partial charge >= 0.3 is 0 Å². The lowest BCUT2D eigenvalue weighted by Crippen LogP contribution is -2.52. The number of benzene rings is 2. The minimum absolute atomic E-state index is 0.0137. The maximum Gasteiger partial charge on any atom is 0.217 e. The Morgan fingerprint density at radius 2 is 1.47 bits per heavy atom. The number of likely N-dealkylation sites (N-methyl/N-ethyl adjacent to an activating group) is 1. The first-order valence-corrected chi connectivity index (χ1v) is 12.9. The van der Waals surface area contributed by atoms with Gasteiger partial charge < -0.3 is 32.7 Å². The normalized spacial score (nSPS) is 19.4. The molecule has 1 aliphatic rings. The molecule has 2 atom stereocenters. The van der Waals surface area contributed by atoms with Crippen molar-refractivity contribution in [1.82, 2.24) is 0 Å². The topological polar surface area (TPSA) is 113 Å². The Balaban J connectivity index is 2.04. The van der Waals surface area contributed by atoms with Crippen LogP contribution in [-0.2, 0) is 27.4 Å². The third-order valence-electron chi connectivity index (χ3n) is 6.84. The summed E-state index contributed by atoms with van der Waals surface area (Å²) in [4.78, 5) is 0. The zero-order valence-corrected chi connectivity index (χ0v) is 22.5. The fraction of sp³-hybridized carbons (Fsp3) is 0.520. The zero-order valence-electron chi connectivity index (χ0n) is 21.7. The Hall–Kier alpha value is -2.73. The van der Waals surface area contributed by atoms with Crippen LogP contribution in [0.4, 0.5) is 0 Å². The molecule has 0 aromatic heterocycles. The molecular formula is C25H35NO9S. The van der Waals surface area contributed by atoms with Gasteiger partial charge in [0.1, 0.15) is 6.04 Å². The maximum atomic E-state index is 10.9. The number of nitrogens with zero attached hydrogens (tertiary/aromatic N) is 1. The maximum absolute atomic E-state index is 10.9.